The van der Waals surface area contributed by atoms with E-state index in [0.717, 1.165) is 16.0 Å². The molecule has 1 aromatic heterocycles. The molecule has 10 nitrogen and oxygen atoms in total. The molecule has 0 aliphatic carbocycles. The lowest BCUT2D eigenvalue weighted by Gasteiger charge is -2.21. The van der Waals surface area contributed by atoms with Crippen molar-refractivity contribution >= 4 is 29.1 Å². The number of aliphatic carboxylic acids is 1. The van der Waals surface area contributed by atoms with Crippen molar-refractivity contribution in [3.8, 4) is 0 Å². The number of aromatic nitrogens is 3. The number of rotatable bonds is 7. The first-order valence-corrected chi connectivity index (χ1v) is 9.93. The number of fused-ring (bicyclic) bond motifs is 1. The van der Waals surface area contributed by atoms with Crippen LogP contribution in [0.1, 0.15) is 38.3 Å². The highest BCUT2D eigenvalue weighted by molar-refractivity contribution is 5.85. The number of nitrogens with zero attached hydrogens (tertiary/aromatic N) is 3. The van der Waals surface area contributed by atoms with Crippen molar-refractivity contribution in [3.63, 3.8) is 0 Å². The van der Waals surface area contributed by atoms with E-state index in [4.69, 9.17) is 9.57 Å². The fourth-order valence-electron chi connectivity index (χ4n) is 2.96. The maximum Gasteiger partial charge on any atom is 0.408 e. The zero-order valence-electron chi connectivity index (χ0n) is 17.9. The van der Waals surface area contributed by atoms with E-state index in [9.17, 15) is 19.5 Å². The first kappa shape index (κ1) is 22.7. The number of carbonyl (C=O) groups is 3. The van der Waals surface area contributed by atoms with Crippen molar-refractivity contribution in [1.82, 2.24) is 20.5 Å². The molecule has 2 aromatic carbocycles. The van der Waals surface area contributed by atoms with Crippen LogP contribution in [0.2, 0.25) is 0 Å². The molecular weight excluding hydrogens is 416 g/mol. The molecule has 3 rings (SSSR count). The summed E-state index contributed by atoms with van der Waals surface area (Å²) in [7, 11) is 0. The van der Waals surface area contributed by atoms with Gasteiger partial charge in [0.05, 0.1) is 6.42 Å². The Hall–Kier alpha value is -3.95. The molecule has 1 atom stereocenters. The van der Waals surface area contributed by atoms with Gasteiger partial charge in [-0.05, 0) is 49.6 Å². The van der Waals surface area contributed by atoms with Crippen LogP contribution in [0.3, 0.4) is 0 Å². The number of hydrogen-bond donors (Lipinski definition) is 2. The van der Waals surface area contributed by atoms with Gasteiger partial charge in [0, 0.05) is 0 Å². The van der Waals surface area contributed by atoms with Gasteiger partial charge in [0.25, 0.3) is 0 Å². The molecule has 0 aliphatic heterocycles. The van der Waals surface area contributed by atoms with Crippen molar-refractivity contribution in [2.75, 3.05) is 0 Å². The van der Waals surface area contributed by atoms with Crippen LogP contribution >= 0.6 is 0 Å². The second-order valence-electron chi connectivity index (χ2n) is 8.11. The summed E-state index contributed by atoms with van der Waals surface area (Å²) in [6.45, 7) is 4.91. The van der Waals surface area contributed by atoms with Gasteiger partial charge in [-0.2, -0.15) is 0 Å². The Morgan fingerprint density at radius 3 is 2.47 bits per heavy atom. The average Bonchev–Trinajstić information content (AvgIpc) is 3.10. The van der Waals surface area contributed by atoms with E-state index in [-0.39, 0.29) is 0 Å². The fourth-order valence-corrected chi connectivity index (χ4v) is 2.96. The Morgan fingerprint density at radius 2 is 1.81 bits per heavy atom. The summed E-state index contributed by atoms with van der Waals surface area (Å²) >= 11 is 0. The third kappa shape index (κ3) is 6.03. The molecule has 3 aromatic rings. The van der Waals surface area contributed by atoms with Crippen LogP contribution in [0.5, 0.6) is 0 Å². The quantitative estimate of drug-likeness (QED) is 0.535. The molecule has 0 radical (unpaired) electrons. The van der Waals surface area contributed by atoms with E-state index < -0.39 is 36.1 Å². The maximum absolute atomic E-state index is 12.3. The first-order chi connectivity index (χ1) is 15.1. The lowest BCUT2D eigenvalue weighted by atomic mass is 10.0. The Bertz CT molecular complexity index is 1120. The molecule has 0 unspecified atom stereocenters. The van der Waals surface area contributed by atoms with Gasteiger partial charge in [0.2, 0.25) is 0 Å². The van der Waals surface area contributed by atoms with Gasteiger partial charge in [0.15, 0.2) is 0 Å². The molecule has 0 saturated carbocycles. The Balaban J connectivity index is 1.70. The fraction of sp³-hybridized carbons (Fsp3) is 0.318. The predicted octanol–water partition coefficient (Wildman–Crippen LogP) is 2.35. The van der Waals surface area contributed by atoms with E-state index in [0.29, 0.717) is 17.5 Å². The van der Waals surface area contributed by atoms with E-state index in [1.165, 1.54) is 0 Å². The molecular formula is C22H24N4O6. The molecule has 0 fully saturated rings. The Morgan fingerprint density at radius 1 is 1.09 bits per heavy atom. The van der Waals surface area contributed by atoms with E-state index >= 15 is 0 Å². The highest BCUT2D eigenvalue weighted by atomic mass is 16.7. The summed E-state index contributed by atoms with van der Waals surface area (Å²) in [6, 6.07) is 13.7. The molecule has 168 valence electrons. The van der Waals surface area contributed by atoms with Crippen molar-refractivity contribution in [1.29, 1.82) is 0 Å². The monoisotopic (exact) mass is 440 g/mol. The summed E-state index contributed by atoms with van der Waals surface area (Å²) in [5.41, 5.74) is 2.18. The van der Waals surface area contributed by atoms with E-state index in [1.54, 1.807) is 32.9 Å². The Labute approximate surface area is 184 Å². The molecule has 10 heteroatoms. The van der Waals surface area contributed by atoms with Crippen LogP contribution in [0.15, 0.2) is 48.5 Å². The minimum absolute atomic E-state index is 0.457. The van der Waals surface area contributed by atoms with Crippen molar-refractivity contribution in [3.05, 3.63) is 59.7 Å². The number of carboxylic acids is 1. The van der Waals surface area contributed by atoms with Crippen molar-refractivity contribution in [2.24, 2.45) is 0 Å². The van der Waals surface area contributed by atoms with Gasteiger partial charge in [-0.1, -0.05) is 47.3 Å². The van der Waals surface area contributed by atoms with E-state index in [1.807, 2.05) is 36.4 Å². The normalized spacial score (nSPS) is 12.2. The number of amides is 1. The van der Waals surface area contributed by atoms with Gasteiger partial charge in [-0.3, -0.25) is 0 Å². The number of alkyl carbamates (subject to hydrolysis) is 1. The summed E-state index contributed by atoms with van der Waals surface area (Å²) in [6.07, 6.45) is -0.958. The van der Waals surface area contributed by atoms with Crippen LogP contribution in [0.25, 0.3) is 11.0 Å². The van der Waals surface area contributed by atoms with Gasteiger partial charge in [0.1, 0.15) is 22.7 Å². The van der Waals surface area contributed by atoms with Crippen LogP contribution in [0.4, 0.5) is 4.79 Å². The number of nitrogens with one attached hydrogen (secondary N) is 1. The third-order valence-electron chi connectivity index (χ3n) is 4.32. The molecule has 0 saturated heterocycles. The van der Waals surface area contributed by atoms with Gasteiger partial charge in [-0.25, -0.2) is 14.4 Å². The van der Waals surface area contributed by atoms with Gasteiger partial charge < -0.3 is 20.0 Å². The molecule has 1 amide bonds. The summed E-state index contributed by atoms with van der Waals surface area (Å²) in [5, 5.41) is 19.4. The average molecular weight is 440 g/mol. The standard InChI is InChI=1S/C22H24N4O6/c1-22(2,3)31-21(30)23-16(20(28)29)13-18(27)32-26-17-11-7-10-15(19(17)24-25-26)12-14-8-5-4-6-9-14/h4-11,16H,12-13H2,1-3H3,(H,23,30)(H,28,29)/t16-/m0/s1. The zero-order valence-corrected chi connectivity index (χ0v) is 17.9. The van der Waals surface area contributed by atoms with Crippen LogP contribution < -0.4 is 10.2 Å². The smallest absolute Gasteiger partial charge is 0.408 e. The molecule has 0 aliphatic rings. The first-order valence-electron chi connectivity index (χ1n) is 9.93. The number of hydrogen-bond acceptors (Lipinski definition) is 7. The SMILES string of the molecule is CC(C)(C)OC(=O)N[C@@H](CC(=O)On1nnc2c(Cc3ccccc3)cccc21)C(=O)O. The van der Waals surface area contributed by atoms with Crippen LogP contribution in [0, 0.1) is 0 Å². The van der Waals surface area contributed by atoms with Crippen molar-refractivity contribution in [2.45, 2.75) is 45.3 Å². The second-order valence-corrected chi connectivity index (χ2v) is 8.11. The van der Waals surface area contributed by atoms with Gasteiger partial charge >= 0.3 is 18.0 Å². The minimum Gasteiger partial charge on any atom is -0.480 e. The molecule has 32 heavy (non-hydrogen) atoms. The highest BCUT2D eigenvalue weighted by Crippen LogP contribution is 2.19. The minimum atomic E-state index is -1.53. The predicted molar refractivity (Wildman–Crippen MR) is 114 cm³/mol. The van der Waals surface area contributed by atoms with Crippen LogP contribution in [-0.2, 0) is 20.7 Å². The zero-order chi connectivity index (χ0) is 23.3. The second kappa shape index (κ2) is 9.46. The molecule has 0 bridgehead atoms. The highest BCUT2D eigenvalue weighted by Gasteiger charge is 2.27. The Kier molecular flexibility index (Phi) is 6.72. The van der Waals surface area contributed by atoms with Gasteiger partial charge in [-0.15, -0.1) is 5.10 Å². The molecule has 1 heterocycles. The maximum atomic E-state index is 12.3. The summed E-state index contributed by atoms with van der Waals surface area (Å²) < 4.78 is 5.03. The topological polar surface area (TPSA) is 133 Å². The number of ether oxygens (including phenoxy) is 1. The number of benzene rings is 2. The summed E-state index contributed by atoms with van der Waals surface area (Å²) in [5.74, 6) is -2.31. The molecule has 0 spiro atoms. The molecule has 2 N–H and O–H groups in total. The van der Waals surface area contributed by atoms with Crippen molar-refractivity contribution < 1.29 is 29.1 Å². The lowest BCUT2D eigenvalue weighted by molar-refractivity contribution is -0.150. The third-order valence-corrected chi connectivity index (χ3v) is 4.32. The van der Waals surface area contributed by atoms with E-state index in [2.05, 4.69) is 15.6 Å². The lowest BCUT2D eigenvalue weighted by Crippen LogP contribution is -2.45. The van der Waals surface area contributed by atoms with Crippen LogP contribution in [-0.4, -0.2) is 49.9 Å². The largest absolute Gasteiger partial charge is 0.480 e. The number of carboxylic acid groups (broad SMARTS) is 1. The number of carbonyl (C=O) groups excluding carboxylic acids is 2. The summed E-state index contributed by atoms with van der Waals surface area (Å²) in [4.78, 5) is 41.8.